The maximum absolute atomic E-state index is 4.91. The molecule has 0 unspecified atom stereocenters. The third kappa shape index (κ3) is 2.81. The molecule has 0 aliphatic heterocycles. The number of thiazole rings is 1. The van der Waals surface area contributed by atoms with Crippen molar-refractivity contribution < 1.29 is 0 Å². The zero-order valence-electron chi connectivity index (χ0n) is 18.7. The molecular weight excluding hydrogens is 446 g/mol. The van der Waals surface area contributed by atoms with Gasteiger partial charge in [-0.25, -0.2) is 4.98 Å². The smallest absolute Gasteiger partial charge is 0.124 e. The predicted octanol–water partition coefficient (Wildman–Crippen LogP) is 8.90. The number of benzene rings is 5. The largest absolute Gasteiger partial charge is 0.355 e. The first-order valence-electron chi connectivity index (χ1n) is 11.7. The first kappa shape index (κ1) is 19.0. The number of para-hydroxylation sites is 1. The monoisotopic (exact) mass is 465 g/mol. The van der Waals surface area contributed by atoms with Crippen molar-refractivity contribution in [2.75, 3.05) is 0 Å². The lowest BCUT2D eigenvalue weighted by Crippen LogP contribution is -1.79. The van der Waals surface area contributed by atoms with E-state index in [1.165, 1.54) is 53.9 Å². The van der Waals surface area contributed by atoms with Crippen LogP contribution in [0.3, 0.4) is 0 Å². The van der Waals surface area contributed by atoms with Gasteiger partial charge in [-0.1, -0.05) is 60.7 Å². The maximum Gasteiger partial charge on any atom is 0.124 e. The van der Waals surface area contributed by atoms with E-state index in [4.69, 9.17) is 4.98 Å². The zero-order valence-corrected chi connectivity index (χ0v) is 19.5. The summed E-state index contributed by atoms with van der Waals surface area (Å²) in [6, 6.07) is 36.7. The highest BCUT2D eigenvalue weighted by molar-refractivity contribution is 7.22. The quantitative estimate of drug-likeness (QED) is 0.263. The van der Waals surface area contributed by atoms with Gasteiger partial charge in [-0.2, -0.15) is 0 Å². The second-order valence-electron chi connectivity index (χ2n) is 9.04. The Morgan fingerprint density at radius 1 is 0.514 bits per heavy atom. The van der Waals surface area contributed by atoms with E-state index < -0.39 is 0 Å². The number of H-pyrrole nitrogens is 2. The molecule has 35 heavy (non-hydrogen) atoms. The fourth-order valence-corrected chi connectivity index (χ4v) is 6.34. The highest BCUT2D eigenvalue weighted by Gasteiger charge is 2.14. The SMILES string of the molecule is c1ccc(-c2nc3ccc4c5cc(-c6ccc7[nH]c8ccccc8c7c6)ccc5[nH]c4c3s2)cc1. The van der Waals surface area contributed by atoms with Crippen LogP contribution in [0.5, 0.6) is 0 Å². The molecule has 3 heterocycles. The van der Waals surface area contributed by atoms with E-state index in [1.54, 1.807) is 11.3 Å². The van der Waals surface area contributed by atoms with Crippen LogP contribution in [0.1, 0.15) is 0 Å². The van der Waals surface area contributed by atoms with Gasteiger partial charge in [0.25, 0.3) is 0 Å². The summed E-state index contributed by atoms with van der Waals surface area (Å²) in [7, 11) is 0. The van der Waals surface area contributed by atoms with Crippen LogP contribution in [-0.2, 0) is 0 Å². The lowest BCUT2D eigenvalue weighted by atomic mass is 10.0. The Labute approximate surface area is 204 Å². The zero-order chi connectivity index (χ0) is 22.9. The Kier molecular flexibility index (Phi) is 3.82. The number of rotatable bonds is 2. The van der Waals surface area contributed by atoms with Gasteiger partial charge in [0.2, 0.25) is 0 Å². The molecule has 8 rings (SSSR count). The van der Waals surface area contributed by atoms with Gasteiger partial charge in [-0.3, -0.25) is 0 Å². The van der Waals surface area contributed by atoms with Crippen LogP contribution in [0, 0.1) is 0 Å². The van der Waals surface area contributed by atoms with Crippen molar-refractivity contribution in [1.82, 2.24) is 15.0 Å². The molecule has 0 fully saturated rings. The molecule has 8 aromatic rings. The normalized spacial score (nSPS) is 12.0. The summed E-state index contributed by atoms with van der Waals surface area (Å²) >= 11 is 1.75. The lowest BCUT2D eigenvalue weighted by Gasteiger charge is -2.03. The second kappa shape index (κ2) is 7.05. The van der Waals surface area contributed by atoms with E-state index in [1.807, 2.05) is 6.07 Å². The number of fused-ring (bicyclic) bond motifs is 8. The van der Waals surface area contributed by atoms with Crippen molar-refractivity contribution in [3.63, 3.8) is 0 Å². The molecule has 3 aromatic heterocycles. The van der Waals surface area contributed by atoms with Gasteiger partial charge in [-0.15, -0.1) is 11.3 Å². The molecule has 2 N–H and O–H groups in total. The molecule has 164 valence electrons. The van der Waals surface area contributed by atoms with Crippen molar-refractivity contribution in [3.8, 4) is 21.7 Å². The van der Waals surface area contributed by atoms with Gasteiger partial charge in [0.15, 0.2) is 0 Å². The number of aromatic amines is 2. The highest BCUT2D eigenvalue weighted by Crippen LogP contribution is 2.39. The number of nitrogens with zero attached hydrogens (tertiary/aromatic N) is 1. The molecule has 4 heteroatoms. The van der Waals surface area contributed by atoms with Crippen molar-refractivity contribution in [3.05, 3.63) is 103 Å². The van der Waals surface area contributed by atoms with Crippen molar-refractivity contribution in [2.45, 2.75) is 0 Å². The van der Waals surface area contributed by atoms with Gasteiger partial charge in [0.05, 0.1) is 15.7 Å². The number of aromatic nitrogens is 3. The second-order valence-corrected chi connectivity index (χ2v) is 10.0. The van der Waals surface area contributed by atoms with E-state index in [9.17, 15) is 0 Å². The highest BCUT2D eigenvalue weighted by atomic mass is 32.1. The Hall–Kier alpha value is -4.41. The van der Waals surface area contributed by atoms with Gasteiger partial charge in [-0.05, 0) is 53.6 Å². The van der Waals surface area contributed by atoms with Gasteiger partial charge < -0.3 is 9.97 Å². The Morgan fingerprint density at radius 3 is 2.03 bits per heavy atom. The van der Waals surface area contributed by atoms with Crippen LogP contribution in [0.2, 0.25) is 0 Å². The molecule has 0 aliphatic rings. The van der Waals surface area contributed by atoms with Crippen LogP contribution in [0.4, 0.5) is 0 Å². The molecule has 0 spiro atoms. The first-order valence-corrected chi connectivity index (χ1v) is 12.5. The van der Waals surface area contributed by atoms with Crippen LogP contribution < -0.4 is 0 Å². The summed E-state index contributed by atoms with van der Waals surface area (Å²) in [4.78, 5) is 12.1. The average Bonchev–Trinajstić information content (AvgIpc) is 3.61. The third-order valence-corrected chi connectivity index (χ3v) is 8.12. The molecule has 0 aliphatic carbocycles. The van der Waals surface area contributed by atoms with Crippen LogP contribution in [0.15, 0.2) is 103 Å². The fourth-order valence-electron chi connectivity index (χ4n) is 5.26. The summed E-state index contributed by atoms with van der Waals surface area (Å²) in [6.07, 6.45) is 0. The van der Waals surface area contributed by atoms with E-state index in [2.05, 4.69) is 107 Å². The van der Waals surface area contributed by atoms with Gasteiger partial charge in [0.1, 0.15) is 5.01 Å². The first-order chi connectivity index (χ1) is 17.3. The van der Waals surface area contributed by atoms with Crippen molar-refractivity contribution in [1.29, 1.82) is 0 Å². The third-order valence-electron chi connectivity index (χ3n) is 6.99. The Bertz CT molecular complexity index is 2060. The van der Waals surface area contributed by atoms with E-state index in [-0.39, 0.29) is 0 Å². The standard InChI is InChI=1S/C31H19N3S/c1-2-6-18(7-3-1)31-34-28-15-12-22-24-17-20(11-14-27(24)33-29(22)30(28)35-31)19-10-13-26-23(16-19)21-8-4-5-9-25(21)32-26/h1-17,32-33H. The summed E-state index contributed by atoms with van der Waals surface area (Å²) < 4.78 is 1.21. The number of nitrogens with one attached hydrogen (secondary N) is 2. The van der Waals surface area contributed by atoms with Crippen molar-refractivity contribution >= 4 is 65.2 Å². The Morgan fingerprint density at radius 2 is 1.20 bits per heavy atom. The average molecular weight is 466 g/mol. The maximum atomic E-state index is 4.91. The molecular formula is C31H19N3S. The van der Waals surface area contributed by atoms with Crippen molar-refractivity contribution in [2.24, 2.45) is 0 Å². The number of hydrogen-bond acceptors (Lipinski definition) is 2. The summed E-state index contributed by atoms with van der Waals surface area (Å²) in [5, 5.41) is 6.06. The van der Waals surface area contributed by atoms with Crippen LogP contribution >= 0.6 is 11.3 Å². The van der Waals surface area contributed by atoms with Crippen LogP contribution in [-0.4, -0.2) is 15.0 Å². The molecule has 3 nitrogen and oxygen atoms in total. The molecule has 5 aromatic carbocycles. The predicted molar refractivity (Wildman–Crippen MR) is 149 cm³/mol. The summed E-state index contributed by atoms with van der Waals surface area (Å²) in [6.45, 7) is 0. The molecule has 0 atom stereocenters. The Balaban J connectivity index is 1.31. The molecule has 0 saturated carbocycles. The van der Waals surface area contributed by atoms with Gasteiger partial charge >= 0.3 is 0 Å². The number of hydrogen-bond donors (Lipinski definition) is 2. The van der Waals surface area contributed by atoms with E-state index >= 15 is 0 Å². The van der Waals surface area contributed by atoms with E-state index in [0.717, 1.165) is 21.6 Å². The van der Waals surface area contributed by atoms with E-state index in [0.29, 0.717) is 0 Å². The summed E-state index contributed by atoms with van der Waals surface area (Å²) in [5.41, 5.74) is 9.31. The van der Waals surface area contributed by atoms with Gasteiger partial charge in [0, 0.05) is 43.7 Å². The fraction of sp³-hybridized carbons (Fsp3) is 0. The van der Waals surface area contributed by atoms with Crippen LogP contribution in [0.25, 0.3) is 75.5 Å². The minimum absolute atomic E-state index is 1.04. The lowest BCUT2D eigenvalue weighted by molar-refractivity contribution is 1.48. The minimum atomic E-state index is 1.04. The molecule has 0 saturated heterocycles. The molecule has 0 radical (unpaired) electrons. The molecule has 0 amide bonds. The molecule has 0 bridgehead atoms. The minimum Gasteiger partial charge on any atom is -0.355 e. The summed E-state index contributed by atoms with van der Waals surface area (Å²) in [5.74, 6) is 0. The topological polar surface area (TPSA) is 44.5 Å².